The monoisotopic (exact) mass is 310 g/mol. The Morgan fingerprint density at radius 3 is 2.94 bits per heavy atom. The van der Waals surface area contributed by atoms with Gasteiger partial charge in [-0.25, -0.2) is 0 Å². The van der Waals surface area contributed by atoms with E-state index in [1.165, 1.54) is 41.4 Å². The number of piperidine rings is 1. The molecule has 1 atom stereocenters. The van der Waals surface area contributed by atoms with Gasteiger partial charge in [-0.15, -0.1) is 0 Å². The Kier molecular flexibility index (Phi) is 5.22. The van der Waals surface area contributed by atoms with Crippen LogP contribution in [0.4, 0.5) is 0 Å². The lowest BCUT2D eigenvalue weighted by Crippen LogP contribution is -2.42. The van der Waals surface area contributed by atoms with Crippen molar-refractivity contribution in [3.63, 3.8) is 0 Å². The molecule has 0 saturated carbocycles. The zero-order valence-corrected chi connectivity index (χ0v) is 13.0. The quantitative estimate of drug-likeness (QED) is 0.917. The Bertz CT molecular complexity index is 392. The molecule has 2 nitrogen and oxygen atoms in total. The maximum Gasteiger partial charge on any atom is 0.0217 e. The molecule has 1 aliphatic rings. The molecule has 1 unspecified atom stereocenters. The molecule has 3 heteroatoms. The number of aryl methyl sites for hydroxylation is 1. The second-order valence-corrected chi connectivity index (χ2v) is 6.20. The first-order chi connectivity index (χ1) is 8.66. The van der Waals surface area contributed by atoms with Crippen molar-refractivity contribution in [3.8, 4) is 0 Å². The van der Waals surface area contributed by atoms with E-state index in [1.807, 2.05) is 0 Å². The Morgan fingerprint density at radius 2 is 2.22 bits per heavy atom. The largest absolute Gasteiger partial charge is 0.311 e. The van der Waals surface area contributed by atoms with E-state index in [2.05, 4.69) is 58.3 Å². The summed E-state index contributed by atoms with van der Waals surface area (Å²) in [5.41, 5.74) is 2.65. The number of hydrogen-bond donors (Lipinski definition) is 1. The van der Waals surface area contributed by atoms with Crippen LogP contribution in [0.25, 0.3) is 0 Å². The van der Waals surface area contributed by atoms with E-state index in [0.29, 0.717) is 6.04 Å². The Balaban J connectivity index is 1.79. The fourth-order valence-electron chi connectivity index (χ4n) is 2.53. The highest BCUT2D eigenvalue weighted by Gasteiger charge is 2.17. The van der Waals surface area contributed by atoms with Gasteiger partial charge in [0.25, 0.3) is 0 Å². The van der Waals surface area contributed by atoms with Gasteiger partial charge in [-0.1, -0.05) is 34.5 Å². The molecular weight excluding hydrogens is 288 g/mol. The highest BCUT2D eigenvalue weighted by Crippen LogP contribution is 2.18. The van der Waals surface area contributed by atoms with Gasteiger partial charge in [0, 0.05) is 23.6 Å². The van der Waals surface area contributed by atoms with Crippen molar-refractivity contribution < 1.29 is 0 Å². The van der Waals surface area contributed by atoms with Crippen LogP contribution < -0.4 is 5.32 Å². The maximum absolute atomic E-state index is 3.59. The molecular formula is C15H23BrN2. The summed E-state index contributed by atoms with van der Waals surface area (Å²) in [6.45, 7) is 5.44. The molecule has 1 fully saturated rings. The smallest absolute Gasteiger partial charge is 0.0217 e. The third-order valence-electron chi connectivity index (χ3n) is 3.87. The molecule has 0 aromatic heterocycles. The summed E-state index contributed by atoms with van der Waals surface area (Å²) in [4.78, 5) is 2.49. The van der Waals surface area contributed by atoms with E-state index in [1.54, 1.807) is 0 Å². The maximum atomic E-state index is 3.59. The van der Waals surface area contributed by atoms with Crippen molar-refractivity contribution in [2.45, 2.75) is 38.8 Å². The van der Waals surface area contributed by atoms with Gasteiger partial charge in [0.1, 0.15) is 0 Å². The molecule has 100 valence electrons. The average Bonchev–Trinajstić information content (AvgIpc) is 2.36. The van der Waals surface area contributed by atoms with Gasteiger partial charge >= 0.3 is 0 Å². The average molecular weight is 311 g/mol. The predicted octanol–water partition coefficient (Wildman–Crippen LogP) is 3.33. The third kappa shape index (κ3) is 3.81. The Hall–Kier alpha value is -0.380. The highest BCUT2D eigenvalue weighted by molar-refractivity contribution is 9.10. The van der Waals surface area contributed by atoms with Gasteiger partial charge < -0.3 is 10.2 Å². The fraction of sp³-hybridized carbons (Fsp3) is 0.600. The van der Waals surface area contributed by atoms with Crippen LogP contribution in [0.1, 0.15) is 30.4 Å². The molecule has 1 aromatic rings. The van der Waals surface area contributed by atoms with Gasteiger partial charge in [0.05, 0.1) is 0 Å². The third-order valence-corrected chi connectivity index (χ3v) is 4.72. The van der Waals surface area contributed by atoms with E-state index in [0.717, 1.165) is 13.1 Å². The SMILES string of the molecule is Cc1ccc(CNCC2CCCCN2C)cc1Br. The minimum Gasteiger partial charge on any atom is -0.311 e. The van der Waals surface area contributed by atoms with E-state index in [9.17, 15) is 0 Å². The van der Waals surface area contributed by atoms with E-state index >= 15 is 0 Å². The first kappa shape index (κ1) is 14.0. The first-order valence-corrected chi connectivity index (χ1v) is 7.62. The molecule has 0 amide bonds. The standard InChI is InChI=1S/C15H23BrN2/c1-12-6-7-13(9-15(12)16)10-17-11-14-5-3-4-8-18(14)2/h6-7,9,14,17H,3-5,8,10-11H2,1-2H3. The molecule has 1 saturated heterocycles. The van der Waals surface area contributed by atoms with Crippen LogP contribution >= 0.6 is 15.9 Å². The summed E-state index contributed by atoms with van der Waals surface area (Å²) < 4.78 is 1.21. The first-order valence-electron chi connectivity index (χ1n) is 6.83. The van der Waals surface area contributed by atoms with Crippen molar-refractivity contribution >= 4 is 15.9 Å². The van der Waals surface area contributed by atoms with Crippen LogP contribution in [0.15, 0.2) is 22.7 Å². The number of halogens is 1. The van der Waals surface area contributed by atoms with Crippen molar-refractivity contribution in [2.75, 3.05) is 20.1 Å². The number of hydrogen-bond acceptors (Lipinski definition) is 2. The minimum absolute atomic E-state index is 0.715. The van der Waals surface area contributed by atoms with Gasteiger partial charge in [-0.05, 0) is 50.6 Å². The zero-order valence-electron chi connectivity index (χ0n) is 11.4. The van der Waals surface area contributed by atoms with Crippen molar-refractivity contribution in [3.05, 3.63) is 33.8 Å². The molecule has 1 aliphatic heterocycles. The summed E-state index contributed by atoms with van der Waals surface area (Å²) in [6.07, 6.45) is 4.08. The lowest BCUT2D eigenvalue weighted by molar-refractivity contribution is 0.181. The Morgan fingerprint density at radius 1 is 1.39 bits per heavy atom. The molecule has 18 heavy (non-hydrogen) atoms. The summed E-state index contributed by atoms with van der Waals surface area (Å²) in [5.74, 6) is 0. The van der Waals surface area contributed by atoms with Crippen LogP contribution in [0, 0.1) is 6.92 Å². The second-order valence-electron chi connectivity index (χ2n) is 5.34. The number of nitrogens with one attached hydrogen (secondary N) is 1. The second kappa shape index (κ2) is 6.69. The normalized spacial score (nSPS) is 21.2. The van der Waals surface area contributed by atoms with Crippen molar-refractivity contribution in [1.29, 1.82) is 0 Å². The lowest BCUT2D eigenvalue weighted by Gasteiger charge is -2.32. The van der Waals surface area contributed by atoms with E-state index < -0.39 is 0 Å². The van der Waals surface area contributed by atoms with Gasteiger partial charge in [-0.3, -0.25) is 0 Å². The molecule has 0 bridgehead atoms. The van der Waals surface area contributed by atoms with Crippen LogP contribution in [-0.2, 0) is 6.54 Å². The topological polar surface area (TPSA) is 15.3 Å². The number of likely N-dealkylation sites (tertiary alicyclic amines) is 1. The summed E-state index contributed by atoms with van der Waals surface area (Å²) >= 11 is 3.59. The summed E-state index contributed by atoms with van der Waals surface area (Å²) in [6, 6.07) is 7.31. The lowest BCUT2D eigenvalue weighted by atomic mass is 10.0. The number of benzene rings is 1. The van der Waals surface area contributed by atoms with Crippen LogP contribution in [0.2, 0.25) is 0 Å². The summed E-state index contributed by atoms with van der Waals surface area (Å²) in [7, 11) is 2.24. The minimum atomic E-state index is 0.715. The highest BCUT2D eigenvalue weighted by atomic mass is 79.9. The molecule has 1 N–H and O–H groups in total. The molecule has 2 rings (SSSR count). The fourth-order valence-corrected chi connectivity index (χ4v) is 2.96. The molecule has 1 aromatic carbocycles. The molecule has 0 aliphatic carbocycles. The number of rotatable bonds is 4. The van der Waals surface area contributed by atoms with Crippen LogP contribution in [0.5, 0.6) is 0 Å². The molecule has 0 radical (unpaired) electrons. The van der Waals surface area contributed by atoms with Gasteiger partial charge in [0.2, 0.25) is 0 Å². The molecule has 1 heterocycles. The predicted molar refractivity (Wildman–Crippen MR) is 80.9 cm³/mol. The van der Waals surface area contributed by atoms with Crippen molar-refractivity contribution in [1.82, 2.24) is 10.2 Å². The number of likely N-dealkylation sites (N-methyl/N-ethyl adjacent to an activating group) is 1. The summed E-state index contributed by atoms with van der Waals surface area (Å²) in [5, 5.41) is 3.59. The van der Waals surface area contributed by atoms with Crippen LogP contribution in [0.3, 0.4) is 0 Å². The molecule has 0 spiro atoms. The van der Waals surface area contributed by atoms with Crippen LogP contribution in [-0.4, -0.2) is 31.1 Å². The van der Waals surface area contributed by atoms with Gasteiger partial charge in [-0.2, -0.15) is 0 Å². The van der Waals surface area contributed by atoms with Crippen molar-refractivity contribution in [2.24, 2.45) is 0 Å². The number of nitrogens with zero attached hydrogens (tertiary/aromatic N) is 1. The zero-order chi connectivity index (χ0) is 13.0. The van der Waals surface area contributed by atoms with E-state index in [-0.39, 0.29) is 0 Å². The Labute approximate surface area is 119 Å². The van der Waals surface area contributed by atoms with Gasteiger partial charge in [0.15, 0.2) is 0 Å². The van der Waals surface area contributed by atoms with E-state index in [4.69, 9.17) is 0 Å².